The van der Waals surface area contributed by atoms with Crippen LogP contribution in [0.4, 0.5) is 10.5 Å². The van der Waals surface area contributed by atoms with Crippen LogP contribution in [0, 0.1) is 0 Å². The van der Waals surface area contributed by atoms with Crippen molar-refractivity contribution in [1.82, 2.24) is 20.2 Å². The van der Waals surface area contributed by atoms with E-state index in [1.54, 1.807) is 11.1 Å². The number of aromatic nitrogens is 2. The van der Waals surface area contributed by atoms with Gasteiger partial charge in [-0.3, -0.25) is 4.79 Å². The van der Waals surface area contributed by atoms with Crippen molar-refractivity contribution >= 4 is 17.6 Å². The molecule has 24 heavy (non-hydrogen) atoms. The Labute approximate surface area is 140 Å². The maximum absolute atomic E-state index is 12.6. The number of nitrogens with one attached hydrogen (secondary N) is 2. The molecule has 126 valence electrons. The number of urea groups is 1. The van der Waals surface area contributed by atoms with Gasteiger partial charge >= 0.3 is 6.03 Å². The fraction of sp³-hybridized carbons (Fsp3) is 0.353. The van der Waals surface area contributed by atoms with E-state index in [1.165, 1.54) is 0 Å². The van der Waals surface area contributed by atoms with E-state index in [0.717, 1.165) is 11.5 Å². The number of nitrogens with zero attached hydrogens (tertiary/aromatic N) is 3. The summed E-state index contributed by atoms with van der Waals surface area (Å²) in [6.07, 6.45) is 4.08. The average Bonchev–Trinajstić information content (AvgIpc) is 3.09. The molecule has 1 aliphatic rings. The number of benzene rings is 1. The number of imidazole rings is 1. The summed E-state index contributed by atoms with van der Waals surface area (Å²) in [6.45, 7) is 2.30. The minimum absolute atomic E-state index is 0.0414. The number of hydrogen-bond acceptors (Lipinski definition) is 3. The standard InChI is InChI=1S/C17H21N5O2/c1-12-10-14(16(23)22(12)13-6-4-3-5-7-13)20-17(24)19-11-15-18-8-9-21(15)2/h3-9,12,14H,10-11H2,1-2H3,(H2,19,20,24)/t12-,14+/m1/s1. The molecule has 2 heterocycles. The Kier molecular flexibility index (Phi) is 4.50. The molecule has 0 bridgehead atoms. The summed E-state index contributed by atoms with van der Waals surface area (Å²) in [6, 6.07) is 8.68. The van der Waals surface area contributed by atoms with Crippen LogP contribution in [-0.4, -0.2) is 33.6 Å². The highest BCUT2D eigenvalue weighted by molar-refractivity contribution is 6.01. The van der Waals surface area contributed by atoms with Gasteiger partial charge in [-0.05, 0) is 25.5 Å². The van der Waals surface area contributed by atoms with Gasteiger partial charge in [0.1, 0.15) is 11.9 Å². The highest BCUT2D eigenvalue weighted by atomic mass is 16.2. The third-order valence-electron chi connectivity index (χ3n) is 4.22. The predicted octanol–water partition coefficient (Wildman–Crippen LogP) is 1.41. The lowest BCUT2D eigenvalue weighted by Gasteiger charge is -2.21. The lowest BCUT2D eigenvalue weighted by atomic mass is 10.2. The normalized spacial score (nSPS) is 20.2. The van der Waals surface area contributed by atoms with Crippen LogP contribution in [0.15, 0.2) is 42.7 Å². The van der Waals surface area contributed by atoms with Crippen LogP contribution in [0.5, 0.6) is 0 Å². The van der Waals surface area contributed by atoms with Crippen LogP contribution in [-0.2, 0) is 18.4 Å². The van der Waals surface area contributed by atoms with Gasteiger partial charge in [-0.25, -0.2) is 9.78 Å². The zero-order valence-electron chi connectivity index (χ0n) is 13.8. The van der Waals surface area contributed by atoms with E-state index in [4.69, 9.17) is 0 Å². The SMILES string of the molecule is C[C@@H]1C[C@H](NC(=O)NCc2nccn2C)C(=O)N1c1ccccc1. The molecular formula is C17H21N5O2. The van der Waals surface area contributed by atoms with Crippen molar-refractivity contribution in [3.63, 3.8) is 0 Å². The van der Waals surface area contributed by atoms with Gasteiger partial charge in [0.15, 0.2) is 0 Å². The van der Waals surface area contributed by atoms with E-state index in [0.29, 0.717) is 13.0 Å². The number of para-hydroxylation sites is 1. The Bertz CT molecular complexity index is 728. The molecule has 1 aliphatic heterocycles. The molecule has 2 atom stereocenters. The first-order chi connectivity index (χ1) is 11.6. The van der Waals surface area contributed by atoms with Gasteiger partial charge in [0, 0.05) is 31.2 Å². The number of rotatable bonds is 4. The zero-order valence-corrected chi connectivity index (χ0v) is 13.8. The third-order valence-corrected chi connectivity index (χ3v) is 4.22. The van der Waals surface area contributed by atoms with Gasteiger partial charge in [-0.2, -0.15) is 0 Å². The molecule has 0 aliphatic carbocycles. The molecule has 7 nitrogen and oxygen atoms in total. The molecule has 0 unspecified atom stereocenters. The first kappa shape index (κ1) is 16.0. The molecule has 0 spiro atoms. The van der Waals surface area contributed by atoms with Gasteiger partial charge in [-0.15, -0.1) is 0 Å². The first-order valence-electron chi connectivity index (χ1n) is 7.95. The quantitative estimate of drug-likeness (QED) is 0.891. The summed E-state index contributed by atoms with van der Waals surface area (Å²) >= 11 is 0. The number of carbonyl (C=O) groups excluding carboxylic acids is 2. The predicted molar refractivity (Wildman–Crippen MR) is 90.4 cm³/mol. The van der Waals surface area contributed by atoms with Gasteiger partial charge in [0.05, 0.1) is 6.54 Å². The topological polar surface area (TPSA) is 79.3 Å². The molecule has 0 radical (unpaired) electrons. The van der Waals surface area contributed by atoms with E-state index in [9.17, 15) is 9.59 Å². The number of carbonyl (C=O) groups is 2. The maximum Gasteiger partial charge on any atom is 0.315 e. The summed E-state index contributed by atoms with van der Waals surface area (Å²) in [5.74, 6) is 0.669. The lowest BCUT2D eigenvalue weighted by molar-refractivity contribution is -0.118. The van der Waals surface area contributed by atoms with Crippen molar-refractivity contribution in [2.24, 2.45) is 7.05 Å². The second-order valence-electron chi connectivity index (χ2n) is 5.96. The summed E-state index contributed by atoms with van der Waals surface area (Å²) in [5.41, 5.74) is 0.854. The van der Waals surface area contributed by atoms with Crippen LogP contribution in [0.2, 0.25) is 0 Å². The van der Waals surface area contributed by atoms with Crippen LogP contribution in [0.3, 0.4) is 0 Å². The zero-order chi connectivity index (χ0) is 17.1. The molecule has 1 aromatic heterocycles. The number of anilines is 1. The largest absolute Gasteiger partial charge is 0.337 e. The van der Waals surface area contributed by atoms with Crippen LogP contribution in [0.1, 0.15) is 19.2 Å². The Morgan fingerprint density at radius 3 is 2.75 bits per heavy atom. The summed E-state index contributed by atoms with van der Waals surface area (Å²) in [4.78, 5) is 30.6. The van der Waals surface area contributed by atoms with Gasteiger partial charge in [0.25, 0.3) is 0 Å². The first-order valence-corrected chi connectivity index (χ1v) is 7.95. The Morgan fingerprint density at radius 2 is 2.08 bits per heavy atom. The summed E-state index contributed by atoms with van der Waals surface area (Å²) in [5, 5.41) is 5.50. The lowest BCUT2D eigenvalue weighted by Crippen LogP contribution is -2.46. The van der Waals surface area contributed by atoms with Crippen molar-refractivity contribution in [3.05, 3.63) is 48.5 Å². The maximum atomic E-state index is 12.6. The Hall–Kier alpha value is -2.83. The summed E-state index contributed by atoms with van der Waals surface area (Å²) in [7, 11) is 1.86. The minimum Gasteiger partial charge on any atom is -0.337 e. The van der Waals surface area contributed by atoms with Crippen LogP contribution in [0.25, 0.3) is 0 Å². The number of hydrogen-bond donors (Lipinski definition) is 2. The molecule has 2 aromatic rings. The highest BCUT2D eigenvalue weighted by Crippen LogP contribution is 2.26. The Morgan fingerprint density at radius 1 is 1.33 bits per heavy atom. The van der Waals surface area contributed by atoms with Crippen LogP contribution < -0.4 is 15.5 Å². The second kappa shape index (κ2) is 6.74. The van der Waals surface area contributed by atoms with Crippen molar-refractivity contribution in [2.45, 2.75) is 32.0 Å². The number of aryl methyl sites for hydroxylation is 1. The minimum atomic E-state index is -0.512. The fourth-order valence-corrected chi connectivity index (χ4v) is 2.96. The summed E-state index contributed by atoms with van der Waals surface area (Å²) < 4.78 is 1.83. The molecule has 1 saturated heterocycles. The van der Waals surface area contributed by atoms with Crippen molar-refractivity contribution in [1.29, 1.82) is 0 Å². The number of amides is 3. The van der Waals surface area contributed by atoms with Gasteiger partial charge < -0.3 is 20.1 Å². The van der Waals surface area contributed by atoms with Crippen molar-refractivity contribution < 1.29 is 9.59 Å². The molecule has 2 N–H and O–H groups in total. The van der Waals surface area contributed by atoms with Crippen molar-refractivity contribution in [2.75, 3.05) is 4.90 Å². The smallest absolute Gasteiger partial charge is 0.315 e. The molecule has 3 rings (SSSR count). The van der Waals surface area contributed by atoms with Crippen LogP contribution >= 0.6 is 0 Å². The average molecular weight is 327 g/mol. The fourth-order valence-electron chi connectivity index (χ4n) is 2.96. The second-order valence-corrected chi connectivity index (χ2v) is 5.96. The molecule has 0 saturated carbocycles. The molecule has 3 amide bonds. The van der Waals surface area contributed by atoms with Gasteiger partial charge in [0.2, 0.25) is 5.91 Å². The highest BCUT2D eigenvalue weighted by Gasteiger charge is 2.38. The monoisotopic (exact) mass is 327 g/mol. The van der Waals surface area contributed by atoms with Crippen molar-refractivity contribution in [3.8, 4) is 0 Å². The molecule has 7 heteroatoms. The van der Waals surface area contributed by atoms with E-state index in [1.807, 2.05) is 55.1 Å². The van der Waals surface area contributed by atoms with E-state index in [2.05, 4.69) is 15.6 Å². The molecule has 1 fully saturated rings. The van der Waals surface area contributed by atoms with E-state index < -0.39 is 6.04 Å². The van der Waals surface area contributed by atoms with E-state index in [-0.39, 0.29) is 18.0 Å². The van der Waals surface area contributed by atoms with E-state index >= 15 is 0 Å². The molecular weight excluding hydrogens is 306 g/mol. The Balaban J connectivity index is 1.59. The molecule has 1 aromatic carbocycles. The van der Waals surface area contributed by atoms with Gasteiger partial charge in [-0.1, -0.05) is 18.2 Å². The third kappa shape index (κ3) is 3.24.